The van der Waals surface area contributed by atoms with E-state index in [4.69, 9.17) is 5.26 Å². The summed E-state index contributed by atoms with van der Waals surface area (Å²) < 4.78 is 28.2. The number of nitrogens with one attached hydrogen (secondary N) is 1. The average molecular weight is 358 g/mol. The molecular formula is C17H18N4O3S. The Kier molecular flexibility index (Phi) is 4.97. The standard InChI is InChI=1S/C17H18N4O3S/c18-12-13-5-7-15(8-6-13)25(23,24)19-9-10-21-17(22)11-14-3-1-2-4-16(14)20-21/h5-8,11,19H,1-4,9-10H2. The molecule has 1 heterocycles. The van der Waals surface area contributed by atoms with Crippen LogP contribution in [0.1, 0.15) is 29.7 Å². The van der Waals surface area contributed by atoms with Gasteiger partial charge in [-0.3, -0.25) is 4.79 Å². The molecule has 0 atom stereocenters. The van der Waals surface area contributed by atoms with Crippen molar-refractivity contribution in [3.63, 3.8) is 0 Å². The third-order valence-corrected chi connectivity index (χ3v) is 5.66. The molecule has 0 unspecified atom stereocenters. The van der Waals surface area contributed by atoms with Gasteiger partial charge in [0.05, 0.1) is 28.8 Å². The van der Waals surface area contributed by atoms with Crippen molar-refractivity contribution < 1.29 is 8.42 Å². The molecule has 0 bridgehead atoms. The van der Waals surface area contributed by atoms with E-state index >= 15 is 0 Å². The highest BCUT2D eigenvalue weighted by Crippen LogP contribution is 2.16. The monoisotopic (exact) mass is 358 g/mol. The molecule has 8 heteroatoms. The first kappa shape index (κ1) is 17.3. The minimum Gasteiger partial charge on any atom is -0.268 e. The summed E-state index contributed by atoms with van der Waals surface area (Å²) in [6.45, 7) is 0.232. The van der Waals surface area contributed by atoms with E-state index in [-0.39, 0.29) is 23.5 Å². The second-order valence-corrected chi connectivity index (χ2v) is 7.69. The molecule has 25 heavy (non-hydrogen) atoms. The Bertz CT molecular complexity index is 972. The van der Waals surface area contributed by atoms with Crippen LogP contribution in [0.4, 0.5) is 0 Å². The van der Waals surface area contributed by atoms with Crippen molar-refractivity contribution in [3.8, 4) is 6.07 Å². The van der Waals surface area contributed by atoms with Gasteiger partial charge in [-0.2, -0.15) is 10.4 Å². The van der Waals surface area contributed by atoms with E-state index < -0.39 is 10.0 Å². The van der Waals surface area contributed by atoms with E-state index in [9.17, 15) is 13.2 Å². The minimum absolute atomic E-state index is 0.0635. The smallest absolute Gasteiger partial charge is 0.267 e. The molecule has 0 spiro atoms. The van der Waals surface area contributed by atoms with Crippen molar-refractivity contribution >= 4 is 10.0 Å². The number of fused-ring (bicyclic) bond motifs is 1. The number of nitrogens with zero attached hydrogens (tertiary/aromatic N) is 3. The second-order valence-electron chi connectivity index (χ2n) is 5.92. The van der Waals surface area contributed by atoms with Crippen LogP contribution in [0, 0.1) is 11.3 Å². The highest BCUT2D eigenvalue weighted by molar-refractivity contribution is 7.89. The van der Waals surface area contributed by atoms with Crippen molar-refractivity contribution in [3.05, 3.63) is 57.5 Å². The van der Waals surface area contributed by atoms with Crippen LogP contribution in [0.5, 0.6) is 0 Å². The van der Waals surface area contributed by atoms with E-state index in [1.165, 1.54) is 28.9 Å². The average Bonchev–Trinajstić information content (AvgIpc) is 2.62. The molecule has 1 aliphatic carbocycles. The Morgan fingerprint density at radius 1 is 1.20 bits per heavy atom. The number of benzene rings is 1. The second kappa shape index (κ2) is 7.17. The fourth-order valence-corrected chi connectivity index (χ4v) is 3.86. The summed E-state index contributed by atoms with van der Waals surface area (Å²) >= 11 is 0. The van der Waals surface area contributed by atoms with Crippen LogP contribution in [0.15, 0.2) is 40.0 Å². The molecule has 0 saturated heterocycles. The fourth-order valence-electron chi connectivity index (χ4n) is 2.84. The normalized spacial score (nSPS) is 13.9. The lowest BCUT2D eigenvalue weighted by molar-refractivity contribution is 0.526. The first-order valence-corrected chi connectivity index (χ1v) is 9.58. The summed E-state index contributed by atoms with van der Waals surface area (Å²) in [7, 11) is -3.69. The van der Waals surface area contributed by atoms with Crippen molar-refractivity contribution in [2.75, 3.05) is 6.54 Å². The van der Waals surface area contributed by atoms with E-state index in [0.29, 0.717) is 5.56 Å². The lowest BCUT2D eigenvalue weighted by atomic mass is 9.97. The molecule has 1 N–H and O–H groups in total. The molecule has 0 amide bonds. The first-order chi connectivity index (χ1) is 12.0. The van der Waals surface area contributed by atoms with Crippen molar-refractivity contribution in [1.29, 1.82) is 5.26 Å². The molecule has 1 aromatic heterocycles. The zero-order valence-electron chi connectivity index (χ0n) is 13.6. The maximum absolute atomic E-state index is 12.2. The predicted octanol–water partition coefficient (Wildman–Crippen LogP) is 0.972. The summed E-state index contributed by atoms with van der Waals surface area (Å²) in [6, 6.07) is 9.20. The molecule has 0 radical (unpaired) electrons. The number of aryl methyl sites for hydroxylation is 2. The maximum atomic E-state index is 12.2. The molecule has 3 rings (SSSR count). The van der Waals surface area contributed by atoms with Gasteiger partial charge in [0.15, 0.2) is 0 Å². The van der Waals surface area contributed by atoms with Crippen LogP contribution < -0.4 is 10.3 Å². The number of aromatic nitrogens is 2. The SMILES string of the molecule is N#Cc1ccc(S(=O)(=O)NCCn2nc3c(cc2=O)CCCC3)cc1. The van der Waals surface area contributed by atoms with E-state index in [2.05, 4.69) is 9.82 Å². The number of sulfonamides is 1. The first-order valence-electron chi connectivity index (χ1n) is 8.09. The molecular weight excluding hydrogens is 340 g/mol. The van der Waals surface area contributed by atoms with E-state index in [1.807, 2.05) is 6.07 Å². The Morgan fingerprint density at radius 2 is 1.92 bits per heavy atom. The molecule has 7 nitrogen and oxygen atoms in total. The zero-order chi connectivity index (χ0) is 17.9. The van der Waals surface area contributed by atoms with Gasteiger partial charge >= 0.3 is 0 Å². The highest BCUT2D eigenvalue weighted by atomic mass is 32.2. The molecule has 0 fully saturated rings. The van der Waals surface area contributed by atoms with E-state index in [0.717, 1.165) is 36.9 Å². The van der Waals surface area contributed by atoms with Crippen molar-refractivity contribution in [2.45, 2.75) is 37.1 Å². The van der Waals surface area contributed by atoms with Gasteiger partial charge in [-0.1, -0.05) is 0 Å². The Morgan fingerprint density at radius 3 is 2.64 bits per heavy atom. The summed E-state index contributed by atoms with van der Waals surface area (Å²) in [5, 5.41) is 13.1. The van der Waals surface area contributed by atoms with Gasteiger partial charge in [0, 0.05) is 12.6 Å². The highest BCUT2D eigenvalue weighted by Gasteiger charge is 2.15. The lowest BCUT2D eigenvalue weighted by Crippen LogP contribution is -2.33. The van der Waals surface area contributed by atoms with Crippen LogP contribution >= 0.6 is 0 Å². The number of rotatable bonds is 5. The summed E-state index contributed by atoms with van der Waals surface area (Å²) in [4.78, 5) is 12.2. The topological polar surface area (TPSA) is 105 Å². The molecule has 1 aliphatic rings. The number of hydrogen-bond donors (Lipinski definition) is 1. The minimum atomic E-state index is -3.69. The number of hydrogen-bond acceptors (Lipinski definition) is 5. The predicted molar refractivity (Wildman–Crippen MR) is 91.5 cm³/mol. The van der Waals surface area contributed by atoms with Gasteiger partial charge in [0.25, 0.3) is 5.56 Å². The third kappa shape index (κ3) is 3.95. The van der Waals surface area contributed by atoms with Crippen LogP contribution in [0.3, 0.4) is 0 Å². The molecule has 0 aliphatic heterocycles. The van der Waals surface area contributed by atoms with Crippen LogP contribution in [-0.2, 0) is 29.4 Å². The van der Waals surface area contributed by atoms with Crippen molar-refractivity contribution in [1.82, 2.24) is 14.5 Å². The summed E-state index contributed by atoms with van der Waals surface area (Å²) in [5.41, 5.74) is 2.12. The molecule has 2 aromatic rings. The molecule has 0 saturated carbocycles. The molecule has 1 aromatic carbocycles. The summed E-state index contributed by atoms with van der Waals surface area (Å²) in [5.74, 6) is 0. The maximum Gasteiger partial charge on any atom is 0.267 e. The van der Waals surface area contributed by atoms with Gasteiger partial charge in [0.1, 0.15) is 0 Å². The third-order valence-electron chi connectivity index (χ3n) is 4.18. The Labute approximate surface area is 146 Å². The fraction of sp³-hybridized carbons (Fsp3) is 0.353. The van der Waals surface area contributed by atoms with Gasteiger partial charge < -0.3 is 0 Å². The largest absolute Gasteiger partial charge is 0.268 e. The lowest BCUT2D eigenvalue weighted by Gasteiger charge is -2.16. The van der Waals surface area contributed by atoms with Crippen LogP contribution in [0.25, 0.3) is 0 Å². The zero-order valence-corrected chi connectivity index (χ0v) is 14.4. The van der Waals surface area contributed by atoms with Gasteiger partial charge in [-0.25, -0.2) is 17.8 Å². The van der Waals surface area contributed by atoms with E-state index in [1.54, 1.807) is 6.07 Å². The Hall–Kier alpha value is -2.50. The van der Waals surface area contributed by atoms with Crippen LogP contribution in [0.2, 0.25) is 0 Å². The van der Waals surface area contributed by atoms with Gasteiger partial charge in [-0.15, -0.1) is 0 Å². The van der Waals surface area contributed by atoms with Gasteiger partial charge in [0.2, 0.25) is 10.0 Å². The Balaban J connectivity index is 1.68. The molecule has 130 valence electrons. The van der Waals surface area contributed by atoms with Gasteiger partial charge in [-0.05, 0) is 55.5 Å². The number of nitriles is 1. The van der Waals surface area contributed by atoms with Crippen molar-refractivity contribution in [2.24, 2.45) is 0 Å². The quantitative estimate of drug-likeness (QED) is 0.857. The van der Waals surface area contributed by atoms with Crippen LogP contribution in [-0.4, -0.2) is 24.7 Å². The summed E-state index contributed by atoms with van der Waals surface area (Å²) in [6.07, 6.45) is 3.86.